The number of benzene rings is 1. The summed E-state index contributed by atoms with van der Waals surface area (Å²) in [6.45, 7) is 5.57. The number of hydrogen-bond donors (Lipinski definition) is 1. The van der Waals surface area contributed by atoms with Crippen molar-refractivity contribution in [3.05, 3.63) is 73.3 Å². The molecule has 2 heterocycles. The summed E-state index contributed by atoms with van der Waals surface area (Å²) >= 11 is 1.30. The molecule has 0 aliphatic rings. The van der Waals surface area contributed by atoms with Gasteiger partial charge in [0, 0.05) is 10.4 Å². The summed E-state index contributed by atoms with van der Waals surface area (Å²) in [6.07, 6.45) is 0. The van der Waals surface area contributed by atoms with E-state index in [1.807, 2.05) is 6.92 Å². The summed E-state index contributed by atoms with van der Waals surface area (Å²) in [5.74, 6) is -1.15. The molecule has 0 fully saturated rings. The van der Waals surface area contributed by atoms with Crippen molar-refractivity contribution in [2.24, 2.45) is 0 Å². The molecule has 30 heavy (non-hydrogen) atoms. The van der Waals surface area contributed by atoms with Gasteiger partial charge in [-0.2, -0.15) is 4.68 Å². The van der Waals surface area contributed by atoms with E-state index in [1.54, 1.807) is 38.1 Å². The highest BCUT2D eigenvalue weighted by molar-refractivity contribution is 7.16. The lowest BCUT2D eigenvalue weighted by atomic mass is 10.1. The van der Waals surface area contributed by atoms with Crippen LogP contribution in [0.25, 0.3) is 0 Å². The predicted molar refractivity (Wildman–Crippen MR) is 112 cm³/mol. The second kappa shape index (κ2) is 8.46. The van der Waals surface area contributed by atoms with E-state index in [1.165, 1.54) is 29.2 Å². The minimum Gasteiger partial charge on any atom is -0.465 e. The van der Waals surface area contributed by atoms with Crippen LogP contribution in [0.3, 0.4) is 0 Å². The van der Waals surface area contributed by atoms with Gasteiger partial charge >= 0.3 is 11.8 Å². The number of thiophene rings is 1. The molecule has 1 aromatic carbocycles. The fourth-order valence-electron chi connectivity index (χ4n) is 3.02. The molecule has 0 atom stereocenters. The van der Waals surface area contributed by atoms with Crippen LogP contribution in [0, 0.1) is 30.9 Å². The molecule has 0 saturated carbocycles. The number of esters is 1. The molecule has 0 saturated heterocycles. The van der Waals surface area contributed by atoms with Crippen molar-refractivity contribution in [3.8, 4) is 0 Å². The van der Waals surface area contributed by atoms with E-state index < -0.39 is 16.8 Å². The minimum atomic E-state index is -0.558. The highest BCUT2D eigenvalue weighted by Crippen LogP contribution is 2.33. The summed E-state index contributed by atoms with van der Waals surface area (Å²) < 4.78 is 6.32. The zero-order valence-corrected chi connectivity index (χ0v) is 17.7. The second-order valence-corrected chi connectivity index (χ2v) is 7.87. The van der Waals surface area contributed by atoms with Gasteiger partial charge in [0.25, 0.3) is 5.91 Å². The number of ether oxygens (including phenoxy) is 1. The number of nitrogens with one attached hydrogen (secondary N) is 1. The van der Waals surface area contributed by atoms with Crippen molar-refractivity contribution in [2.75, 3.05) is 12.4 Å². The van der Waals surface area contributed by atoms with E-state index in [0.29, 0.717) is 27.4 Å². The van der Waals surface area contributed by atoms with Gasteiger partial charge in [0.1, 0.15) is 5.00 Å². The van der Waals surface area contributed by atoms with E-state index in [2.05, 4.69) is 10.4 Å². The molecular weight excluding hydrogens is 408 g/mol. The zero-order valence-electron chi connectivity index (χ0n) is 16.9. The third-order valence-corrected chi connectivity index (χ3v) is 5.86. The Morgan fingerprint density at radius 1 is 1.27 bits per heavy atom. The fourth-order valence-corrected chi connectivity index (χ4v) is 4.06. The number of aromatic nitrogens is 2. The first-order valence-electron chi connectivity index (χ1n) is 8.99. The number of nitro groups is 1. The molecule has 0 aliphatic carbocycles. The van der Waals surface area contributed by atoms with Crippen molar-refractivity contribution < 1.29 is 19.2 Å². The third-order valence-electron chi connectivity index (χ3n) is 4.74. The Morgan fingerprint density at radius 2 is 1.97 bits per heavy atom. The van der Waals surface area contributed by atoms with Crippen LogP contribution in [0.2, 0.25) is 0 Å². The summed E-state index contributed by atoms with van der Waals surface area (Å²) in [6, 6.07) is 8.29. The minimum absolute atomic E-state index is 0.190. The molecule has 3 rings (SSSR count). The number of hydrogen-bond acceptors (Lipinski definition) is 7. The third kappa shape index (κ3) is 4.08. The van der Waals surface area contributed by atoms with Gasteiger partial charge < -0.3 is 20.2 Å². The molecule has 1 amide bonds. The number of carbonyl (C=O) groups excluding carboxylic acids is 2. The Balaban J connectivity index is 1.92. The summed E-state index contributed by atoms with van der Waals surface area (Å²) in [5, 5.41) is 18.2. The SMILES string of the molecule is COC(=O)c1c(NC(=O)c2ccccc2Cn2nc([N+](=O)[O-])cc2C)sc(C)c1C. The van der Waals surface area contributed by atoms with Gasteiger partial charge in [-0.1, -0.05) is 18.2 Å². The van der Waals surface area contributed by atoms with Gasteiger partial charge in [0.05, 0.1) is 36.1 Å². The topological polar surface area (TPSA) is 116 Å². The number of amides is 1. The monoisotopic (exact) mass is 428 g/mol. The van der Waals surface area contributed by atoms with Crippen LogP contribution in [-0.2, 0) is 11.3 Å². The van der Waals surface area contributed by atoms with Crippen molar-refractivity contribution in [3.63, 3.8) is 0 Å². The van der Waals surface area contributed by atoms with Crippen molar-refractivity contribution in [1.82, 2.24) is 9.78 Å². The molecule has 10 heteroatoms. The second-order valence-electron chi connectivity index (χ2n) is 6.65. The van der Waals surface area contributed by atoms with Crippen LogP contribution in [0.5, 0.6) is 0 Å². The van der Waals surface area contributed by atoms with Crippen molar-refractivity contribution in [1.29, 1.82) is 0 Å². The van der Waals surface area contributed by atoms with E-state index in [0.717, 1.165) is 10.4 Å². The number of nitrogens with zero attached hydrogens (tertiary/aromatic N) is 3. The molecule has 9 nitrogen and oxygen atoms in total. The molecule has 2 aromatic heterocycles. The van der Waals surface area contributed by atoms with Crippen LogP contribution in [0.1, 0.15) is 42.4 Å². The van der Waals surface area contributed by atoms with Crippen molar-refractivity contribution in [2.45, 2.75) is 27.3 Å². The number of anilines is 1. The van der Waals surface area contributed by atoms with E-state index in [9.17, 15) is 19.7 Å². The molecule has 0 unspecified atom stereocenters. The first kappa shape index (κ1) is 21.2. The quantitative estimate of drug-likeness (QED) is 0.362. The lowest BCUT2D eigenvalue weighted by molar-refractivity contribution is -0.389. The lowest BCUT2D eigenvalue weighted by Gasteiger charge is -2.10. The Kier molecular flexibility index (Phi) is 5.97. The standard InChI is InChI=1S/C20H20N4O5S/c1-11-9-16(24(27)28)22-23(11)10-14-7-5-6-8-15(14)18(25)21-19-17(20(26)29-4)12(2)13(3)30-19/h5-9H,10H2,1-4H3,(H,21,25). The fraction of sp³-hybridized carbons (Fsp3) is 0.250. The van der Waals surface area contributed by atoms with E-state index in [4.69, 9.17) is 4.74 Å². The van der Waals surface area contributed by atoms with Crippen LogP contribution >= 0.6 is 11.3 Å². The number of methoxy groups -OCH3 is 1. The average Bonchev–Trinajstić information content (AvgIpc) is 3.21. The van der Waals surface area contributed by atoms with Gasteiger partial charge in [-0.3, -0.25) is 4.79 Å². The van der Waals surface area contributed by atoms with Crippen LogP contribution < -0.4 is 5.32 Å². The normalized spacial score (nSPS) is 10.7. The van der Waals surface area contributed by atoms with Crippen molar-refractivity contribution >= 4 is 34.0 Å². The zero-order chi connectivity index (χ0) is 22.0. The average molecular weight is 428 g/mol. The molecule has 0 bridgehead atoms. The highest BCUT2D eigenvalue weighted by atomic mass is 32.1. The van der Waals surface area contributed by atoms with E-state index >= 15 is 0 Å². The summed E-state index contributed by atoms with van der Waals surface area (Å²) in [5.41, 5.74) is 2.73. The maximum absolute atomic E-state index is 13.0. The number of carbonyl (C=O) groups is 2. The summed E-state index contributed by atoms with van der Waals surface area (Å²) in [4.78, 5) is 36.5. The van der Waals surface area contributed by atoms with E-state index in [-0.39, 0.29) is 12.4 Å². The van der Waals surface area contributed by atoms with Crippen LogP contribution in [-0.4, -0.2) is 33.7 Å². The molecule has 3 aromatic rings. The smallest absolute Gasteiger partial charge is 0.390 e. The lowest BCUT2D eigenvalue weighted by Crippen LogP contribution is -2.17. The Labute approximate surface area is 176 Å². The molecule has 0 aliphatic heterocycles. The number of aryl methyl sites for hydroxylation is 2. The first-order valence-corrected chi connectivity index (χ1v) is 9.81. The van der Waals surface area contributed by atoms with Crippen LogP contribution in [0.4, 0.5) is 10.8 Å². The van der Waals surface area contributed by atoms with Gasteiger partial charge in [-0.15, -0.1) is 11.3 Å². The number of rotatable bonds is 6. The van der Waals surface area contributed by atoms with Gasteiger partial charge in [0.15, 0.2) is 0 Å². The summed E-state index contributed by atoms with van der Waals surface area (Å²) in [7, 11) is 1.29. The van der Waals surface area contributed by atoms with Crippen LogP contribution in [0.15, 0.2) is 30.3 Å². The highest BCUT2D eigenvalue weighted by Gasteiger charge is 2.23. The molecule has 0 spiro atoms. The maximum atomic E-state index is 13.0. The van der Waals surface area contributed by atoms with Gasteiger partial charge in [-0.05, 0) is 42.9 Å². The van der Waals surface area contributed by atoms with Gasteiger partial charge in [-0.25, -0.2) is 4.79 Å². The Morgan fingerprint density at radius 3 is 2.60 bits per heavy atom. The molecule has 156 valence electrons. The Hall–Kier alpha value is -3.53. The molecular formula is C20H20N4O5S. The Bertz CT molecular complexity index is 1150. The largest absolute Gasteiger partial charge is 0.465 e. The maximum Gasteiger partial charge on any atom is 0.390 e. The first-order chi connectivity index (χ1) is 14.2. The molecule has 0 radical (unpaired) electrons. The predicted octanol–water partition coefficient (Wildman–Crippen LogP) is 3.87. The van der Waals surface area contributed by atoms with Gasteiger partial charge in [0.2, 0.25) is 0 Å². The molecule has 1 N–H and O–H groups in total.